The molecular formula is C9H11N2O+. The lowest BCUT2D eigenvalue weighted by Crippen LogP contribution is -2.27. The quantitative estimate of drug-likeness (QED) is 0.591. The third-order valence-electron chi connectivity index (χ3n) is 1.87. The van der Waals surface area contributed by atoms with Crippen LogP contribution >= 0.6 is 0 Å². The summed E-state index contributed by atoms with van der Waals surface area (Å²) in [6.45, 7) is 2.03. The van der Waals surface area contributed by atoms with Crippen LogP contribution in [0.5, 0.6) is 0 Å². The van der Waals surface area contributed by atoms with Crippen molar-refractivity contribution in [3.63, 3.8) is 0 Å². The van der Waals surface area contributed by atoms with Crippen molar-refractivity contribution in [2.24, 2.45) is 7.05 Å². The number of aromatic nitrogens is 2. The van der Waals surface area contributed by atoms with E-state index in [1.165, 1.54) is 0 Å². The molecular weight excluding hydrogens is 152 g/mol. The minimum Gasteiger partial charge on any atom is -0.389 e. The maximum atomic E-state index is 5.50. The van der Waals surface area contributed by atoms with E-state index in [-0.39, 0.29) is 0 Å². The predicted octanol–water partition coefficient (Wildman–Crippen LogP) is 1.21. The zero-order valence-corrected chi connectivity index (χ0v) is 7.24. The Labute approximate surface area is 70.7 Å². The van der Waals surface area contributed by atoms with Crippen molar-refractivity contribution in [3.05, 3.63) is 24.2 Å². The van der Waals surface area contributed by atoms with E-state index in [2.05, 4.69) is 4.98 Å². The monoisotopic (exact) mass is 163 g/mol. The lowest BCUT2D eigenvalue weighted by atomic mass is 10.4. The number of hydrogen-bond donors (Lipinski definition) is 0. The van der Waals surface area contributed by atoms with Crippen molar-refractivity contribution in [2.45, 2.75) is 13.3 Å². The molecule has 0 saturated heterocycles. The summed E-state index contributed by atoms with van der Waals surface area (Å²) in [5, 5.41) is 0. The third kappa shape index (κ3) is 0.978. The third-order valence-corrected chi connectivity index (χ3v) is 1.87. The SMILES string of the molecule is CCc1nc2ccc[n+](C)c2o1. The highest BCUT2D eigenvalue weighted by molar-refractivity contribution is 5.63. The van der Waals surface area contributed by atoms with Crippen molar-refractivity contribution < 1.29 is 8.98 Å². The summed E-state index contributed by atoms with van der Waals surface area (Å²) in [4.78, 5) is 4.30. The van der Waals surface area contributed by atoms with Crippen molar-refractivity contribution in [2.75, 3.05) is 0 Å². The molecule has 0 radical (unpaired) electrons. The first-order chi connectivity index (χ1) is 5.81. The standard InChI is InChI=1S/C9H11N2O/c1-3-8-10-7-5-4-6-11(2)9(7)12-8/h4-6H,3H2,1-2H3/q+1. The Bertz CT molecular complexity index is 406. The first kappa shape index (κ1) is 7.28. The second-order valence-corrected chi connectivity index (χ2v) is 2.77. The lowest BCUT2D eigenvalue weighted by molar-refractivity contribution is -0.651. The molecule has 3 heteroatoms. The Morgan fingerprint density at radius 1 is 1.58 bits per heavy atom. The number of nitrogens with zero attached hydrogens (tertiary/aromatic N) is 2. The number of aryl methyl sites for hydroxylation is 2. The molecule has 0 aliphatic heterocycles. The van der Waals surface area contributed by atoms with Crippen LogP contribution in [0.3, 0.4) is 0 Å². The highest BCUT2D eigenvalue weighted by atomic mass is 16.4. The Kier molecular flexibility index (Phi) is 1.57. The van der Waals surface area contributed by atoms with Crippen molar-refractivity contribution in [1.82, 2.24) is 4.98 Å². The summed E-state index contributed by atoms with van der Waals surface area (Å²) < 4.78 is 7.43. The molecule has 62 valence electrons. The van der Waals surface area contributed by atoms with Gasteiger partial charge in [-0.2, -0.15) is 4.57 Å². The molecule has 0 amide bonds. The van der Waals surface area contributed by atoms with E-state index in [9.17, 15) is 0 Å². The van der Waals surface area contributed by atoms with Crippen LogP contribution in [0.2, 0.25) is 0 Å². The van der Waals surface area contributed by atoms with Crippen LogP contribution in [0.25, 0.3) is 11.2 Å². The fourth-order valence-electron chi connectivity index (χ4n) is 1.21. The average Bonchev–Trinajstić information content (AvgIpc) is 2.49. The van der Waals surface area contributed by atoms with Crippen LogP contribution in [0.15, 0.2) is 22.7 Å². The van der Waals surface area contributed by atoms with Gasteiger partial charge in [0.2, 0.25) is 5.89 Å². The molecule has 2 aromatic rings. The van der Waals surface area contributed by atoms with Gasteiger partial charge in [-0.3, -0.25) is 0 Å². The van der Waals surface area contributed by atoms with E-state index < -0.39 is 0 Å². The molecule has 0 atom stereocenters. The second-order valence-electron chi connectivity index (χ2n) is 2.77. The molecule has 0 bridgehead atoms. The fourth-order valence-corrected chi connectivity index (χ4v) is 1.21. The normalized spacial score (nSPS) is 10.8. The van der Waals surface area contributed by atoms with Crippen molar-refractivity contribution in [1.29, 1.82) is 0 Å². The van der Waals surface area contributed by atoms with Gasteiger partial charge in [0.1, 0.15) is 7.05 Å². The Morgan fingerprint density at radius 3 is 3.08 bits per heavy atom. The molecule has 2 rings (SSSR count). The van der Waals surface area contributed by atoms with Gasteiger partial charge in [-0.25, -0.2) is 4.98 Å². The van der Waals surface area contributed by atoms with Gasteiger partial charge in [0.25, 0.3) is 0 Å². The first-order valence-corrected chi connectivity index (χ1v) is 4.05. The molecule has 0 aliphatic rings. The first-order valence-electron chi connectivity index (χ1n) is 4.05. The summed E-state index contributed by atoms with van der Waals surface area (Å²) in [6, 6.07) is 3.92. The number of fused-ring (bicyclic) bond motifs is 1. The summed E-state index contributed by atoms with van der Waals surface area (Å²) in [5.41, 5.74) is 1.77. The van der Waals surface area contributed by atoms with Crippen LogP contribution in [0.4, 0.5) is 0 Å². The van der Waals surface area contributed by atoms with Crippen LogP contribution in [-0.4, -0.2) is 4.98 Å². The molecule has 3 nitrogen and oxygen atoms in total. The van der Waals surface area contributed by atoms with Gasteiger partial charge >= 0.3 is 5.71 Å². The fraction of sp³-hybridized carbons (Fsp3) is 0.333. The average molecular weight is 163 g/mol. The molecule has 12 heavy (non-hydrogen) atoms. The summed E-state index contributed by atoms with van der Waals surface area (Å²) in [7, 11) is 1.95. The van der Waals surface area contributed by atoms with Gasteiger partial charge in [-0.15, -0.1) is 0 Å². The zero-order valence-electron chi connectivity index (χ0n) is 7.24. The highest BCUT2D eigenvalue weighted by Gasteiger charge is 2.11. The minimum absolute atomic E-state index is 0.798. The molecule has 0 saturated carbocycles. The molecule has 0 aliphatic carbocycles. The zero-order chi connectivity index (χ0) is 8.55. The molecule has 0 fully saturated rings. The molecule has 0 aromatic carbocycles. The summed E-state index contributed by atoms with van der Waals surface area (Å²) in [6.07, 6.45) is 2.79. The second kappa shape index (κ2) is 2.59. The number of rotatable bonds is 1. The number of pyridine rings is 1. The van der Waals surface area contributed by atoms with Crippen LogP contribution in [0, 0.1) is 0 Å². The van der Waals surface area contributed by atoms with E-state index in [1.807, 2.05) is 36.9 Å². The van der Waals surface area contributed by atoms with Gasteiger partial charge in [0.05, 0.1) is 0 Å². The smallest absolute Gasteiger partial charge is 0.389 e. The van der Waals surface area contributed by atoms with Gasteiger partial charge < -0.3 is 4.42 Å². The largest absolute Gasteiger partial charge is 0.400 e. The topological polar surface area (TPSA) is 29.9 Å². The summed E-state index contributed by atoms with van der Waals surface area (Å²) in [5.74, 6) is 0.798. The molecule has 0 spiro atoms. The molecule has 0 N–H and O–H groups in total. The summed E-state index contributed by atoms with van der Waals surface area (Å²) >= 11 is 0. The van der Waals surface area contributed by atoms with Crippen LogP contribution in [-0.2, 0) is 13.5 Å². The number of oxazole rings is 1. The van der Waals surface area contributed by atoms with Gasteiger partial charge in [0.15, 0.2) is 11.7 Å². The molecule has 2 aromatic heterocycles. The predicted molar refractivity (Wildman–Crippen MR) is 44.6 cm³/mol. The van der Waals surface area contributed by atoms with Gasteiger partial charge in [0, 0.05) is 12.5 Å². The van der Waals surface area contributed by atoms with E-state index >= 15 is 0 Å². The minimum atomic E-state index is 0.798. The maximum absolute atomic E-state index is 5.50. The van der Waals surface area contributed by atoms with E-state index in [0.29, 0.717) is 0 Å². The van der Waals surface area contributed by atoms with E-state index in [1.54, 1.807) is 0 Å². The molecule has 2 heterocycles. The highest BCUT2D eigenvalue weighted by Crippen LogP contribution is 2.10. The molecule has 0 unspecified atom stereocenters. The Balaban J connectivity index is 2.74. The number of hydrogen-bond acceptors (Lipinski definition) is 2. The Morgan fingerprint density at radius 2 is 2.42 bits per heavy atom. The van der Waals surface area contributed by atoms with Crippen molar-refractivity contribution >= 4 is 11.2 Å². The Hall–Kier alpha value is -1.38. The van der Waals surface area contributed by atoms with Gasteiger partial charge in [-0.1, -0.05) is 6.92 Å². The van der Waals surface area contributed by atoms with Crippen molar-refractivity contribution in [3.8, 4) is 0 Å². The maximum Gasteiger partial charge on any atom is 0.400 e. The van der Waals surface area contributed by atoms with Crippen LogP contribution in [0.1, 0.15) is 12.8 Å². The lowest BCUT2D eigenvalue weighted by Gasteiger charge is -1.83. The van der Waals surface area contributed by atoms with Gasteiger partial charge in [-0.05, 0) is 6.07 Å². The van der Waals surface area contributed by atoms with E-state index in [0.717, 1.165) is 23.5 Å². The van der Waals surface area contributed by atoms with E-state index in [4.69, 9.17) is 4.42 Å². The van der Waals surface area contributed by atoms with Crippen LogP contribution < -0.4 is 4.57 Å².